The molecule has 0 spiro atoms. The van der Waals surface area contributed by atoms with Crippen LogP contribution in [-0.4, -0.2) is 22.1 Å². The number of anilines is 1. The van der Waals surface area contributed by atoms with Crippen LogP contribution in [0.4, 0.5) is 5.69 Å². The average Bonchev–Trinajstić information content (AvgIpc) is 3.22. The Morgan fingerprint density at radius 1 is 1.19 bits per heavy atom. The van der Waals surface area contributed by atoms with Gasteiger partial charge in [-0.2, -0.15) is 0 Å². The summed E-state index contributed by atoms with van der Waals surface area (Å²) in [4.78, 5) is 31.5. The van der Waals surface area contributed by atoms with E-state index in [0.717, 1.165) is 16.7 Å². The van der Waals surface area contributed by atoms with Gasteiger partial charge in [-0.05, 0) is 56.5 Å². The van der Waals surface area contributed by atoms with E-state index in [0.29, 0.717) is 28.3 Å². The minimum atomic E-state index is -0.749. The average molecular weight is 448 g/mol. The lowest BCUT2D eigenvalue weighted by atomic mass is 10.0. The Morgan fingerprint density at radius 2 is 1.97 bits per heavy atom. The van der Waals surface area contributed by atoms with Gasteiger partial charge < -0.3 is 10.1 Å². The molecule has 6 nitrogen and oxygen atoms in total. The number of para-hydroxylation sites is 2. The topological polar surface area (TPSA) is 73.2 Å². The number of nitrogens with zero attached hydrogens (tertiary/aromatic N) is 2. The number of ether oxygens (including phenoxy) is 1. The number of fused-ring (bicyclic) bond motifs is 1. The maximum absolute atomic E-state index is 13.4. The van der Waals surface area contributed by atoms with Crippen molar-refractivity contribution < 1.29 is 9.53 Å². The summed E-state index contributed by atoms with van der Waals surface area (Å²) < 4.78 is 6.97. The smallest absolute Gasteiger partial charge is 0.263 e. The summed E-state index contributed by atoms with van der Waals surface area (Å²) >= 11 is 1.43. The number of aryl methyl sites for hydroxylation is 2. The summed E-state index contributed by atoms with van der Waals surface area (Å²) in [7, 11) is 0. The molecule has 0 bridgehead atoms. The Labute approximate surface area is 190 Å². The normalized spacial score (nSPS) is 12.0. The van der Waals surface area contributed by atoms with Crippen LogP contribution in [0.15, 0.2) is 59.0 Å². The van der Waals surface area contributed by atoms with Crippen LogP contribution in [0.1, 0.15) is 31.0 Å². The number of rotatable bonds is 6. The Morgan fingerprint density at radius 3 is 2.72 bits per heavy atom. The SMILES string of the molecule is CCOc1ccccc1NC(=O)C(C)n1cnc2scc(-c3ccc(C)c(C)c3)c2c1=O. The minimum absolute atomic E-state index is 0.231. The molecule has 1 unspecified atom stereocenters. The monoisotopic (exact) mass is 447 g/mol. The maximum atomic E-state index is 13.4. The van der Waals surface area contributed by atoms with Crippen LogP contribution in [0.2, 0.25) is 0 Å². The third-order valence-corrected chi connectivity index (χ3v) is 6.47. The second kappa shape index (κ2) is 8.96. The van der Waals surface area contributed by atoms with Crippen LogP contribution in [0.5, 0.6) is 5.75 Å². The van der Waals surface area contributed by atoms with Gasteiger partial charge in [0.1, 0.15) is 16.6 Å². The molecule has 4 rings (SSSR count). The van der Waals surface area contributed by atoms with Crippen molar-refractivity contribution in [3.63, 3.8) is 0 Å². The van der Waals surface area contributed by atoms with Gasteiger partial charge in [0.25, 0.3) is 5.56 Å². The lowest BCUT2D eigenvalue weighted by Gasteiger charge is -2.17. The van der Waals surface area contributed by atoms with Gasteiger partial charge >= 0.3 is 0 Å². The van der Waals surface area contributed by atoms with Crippen molar-refractivity contribution in [1.29, 1.82) is 0 Å². The molecule has 0 fully saturated rings. The van der Waals surface area contributed by atoms with Crippen molar-refractivity contribution in [3.8, 4) is 16.9 Å². The van der Waals surface area contributed by atoms with E-state index in [9.17, 15) is 9.59 Å². The highest BCUT2D eigenvalue weighted by atomic mass is 32.1. The Kier molecular flexibility index (Phi) is 6.10. The predicted molar refractivity (Wildman–Crippen MR) is 130 cm³/mol. The summed E-state index contributed by atoms with van der Waals surface area (Å²) in [6, 6.07) is 12.6. The van der Waals surface area contributed by atoms with Crippen molar-refractivity contribution in [2.45, 2.75) is 33.7 Å². The number of hydrogen-bond acceptors (Lipinski definition) is 5. The van der Waals surface area contributed by atoms with Gasteiger partial charge in [0.05, 0.1) is 24.0 Å². The van der Waals surface area contributed by atoms with E-state index in [-0.39, 0.29) is 11.5 Å². The fourth-order valence-corrected chi connectivity index (χ4v) is 4.46. The molecule has 0 aliphatic heterocycles. The van der Waals surface area contributed by atoms with Crippen LogP contribution >= 0.6 is 11.3 Å². The lowest BCUT2D eigenvalue weighted by Crippen LogP contribution is -2.31. The van der Waals surface area contributed by atoms with Crippen molar-refractivity contribution >= 4 is 33.1 Å². The number of benzene rings is 2. The molecule has 1 atom stereocenters. The van der Waals surface area contributed by atoms with Gasteiger partial charge in [0, 0.05) is 10.9 Å². The maximum Gasteiger partial charge on any atom is 0.263 e. The molecule has 1 N–H and O–H groups in total. The van der Waals surface area contributed by atoms with E-state index in [1.54, 1.807) is 19.1 Å². The van der Waals surface area contributed by atoms with E-state index < -0.39 is 6.04 Å². The zero-order chi connectivity index (χ0) is 22.8. The number of nitrogens with one attached hydrogen (secondary N) is 1. The zero-order valence-electron chi connectivity index (χ0n) is 18.5. The molecule has 0 saturated heterocycles. The van der Waals surface area contributed by atoms with Crippen LogP contribution in [0.3, 0.4) is 0 Å². The van der Waals surface area contributed by atoms with E-state index >= 15 is 0 Å². The summed E-state index contributed by atoms with van der Waals surface area (Å²) in [6.07, 6.45) is 1.45. The number of carbonyl (C=O) groups excluding carboxylic acids is 1. The van der Waals surface area contributed by atoms with Gasteiger partial charge in [0.15, 0.2) is 0 Å². The van der Waals surface area contributed by atoms with Crippen LogP contribution in [-0.2, 0) is 4.79 Å². The predicted octanol–water partition coefficient (Wildman–Crippen LogP) is 5.34. The number of thiophene rings is 1. The first-order chi connectivity index (χ1) is 15.4. The molecule has 0 radical (unpaired) electrons. The highest BCUT2D eigenvalue weighted by Crippen LogP contribution is 2.32. The largest absolute Gasteiger partial charge is 0.492 e. The van der Waals surface area contributed by atoms with Crippen LogP contribution in [0, 0.1) is 13.8 Å². The molecular weight excluding hydrogens is 422 g/mol. The molecule has 7 heteroatoms. The van der Waals surface area contributed by atoms with E-state index in [1.807, 2.05) is 30.5 Å². The molecule has 0 aliphatic carbocycles. The first-order valence-corrected chi connectivity index (χ1v) is 11.4. The molecule has 2 heterocycles. The highest BCUT2D eigenvalue weighted by molar-refractivity contribution is 7.17. The summed E-state index contributed by atoms with van der Waals surface area (Å²) in [5.74, 6) is 0.273. The molecule has 0 saturated carbocycles. The number of hydrogen-bond donors (Lipinski definition) is 1. The number of aromatic nitrogens is 2. The molecule has 164 valence electrons. The van der Waals surface area contributed by atoms with E-state index in [4.69, 9.17) is 4.74 Å². The van der Waals surface area contributed by atoms with Gasteiger partial charge in [-0.25, -0.2) is 4.98 Å². The summed E-state index contributed by atoms with van der Waals surface area (Å²) in [5, 5.41) is 5.37. The van der Waals surface area contributed by atoms with E-state index in [2.05, 4.69) is 36.3 Å². The first kappa shape index (κ1) is 21.8. The molecule has 0 aliphatic rings. The number of amides is 1. The lowest BCUT2D eigenvalue weighted by molar-refractivity contribution is -0.118. The van der Waals surface area contributed by atoms with Crippen LogP contribution < -0.4 is 15.6 Å². The fraction of sp³-hybridized carbons (Fsp3) is 0.240. The Hall–Kier alpha value is -3.45. The van der Waals surface area contributed by atoms with Crippen molar-refractivity contribution in [2.75, 3.05) is 11.9 Å². The van der Waals surface area contributed by atoms with Crippen molar-refractivity contribution in [2.24, 2.45) is 0 Å². The van der Waals surface area contributed by atoms with Gasteiger partial charge in [-0.1, -0.05) is 30.3 Å². The number of carbonyl (C=O) groups is 1. The van der Waals surface area contributed by atoms with Crippen molar-refractivity contribution in [1.82, 2.24) is 9.55 Å². The Balaban J connectivity index is 1.70. The van der Waals surface area contributed by atoms with E-state index in [1.165, 1.54) is 27.8 Å². The standard InChI is InChI=1S/C25H25N3O3S/c1-5-31-21-9-7-6-8-20(21)27-23(29)17(4)28-14-26-24-22(25(28)30)19(13-32-24)18-11-10-15(2)16(3)12-18/h6-14,17H,5H2,1-4H3,(H,27,29). The molecule has 1 amide bonds. The third kappa shape index (κ3) is 4.03. The molecular formula is C25H25N3O3S. The summed E-state index contributed by atoms with van der Waals surface area (Å²) in [6.45, 7) is 8.17. The van der Waals surface area contributed by atoms with Gasteiger partial charge in [-0.3, -0.25) is 14.2 Å². The van der Waals surface area contributed by atoms with Crippen LogP contribution in [0.25, 0.3) is 21.3 Å². The molecule has 4 aromatic rings. The van der Waals surface area contributed by atoms with Crippen molar-refractivity contribution in [3.05, 3.63) is 75.7 Å². The molecule has 32 heavy (non-hydrogen) atoms. The molecule has 2 aromatic carbocycles. The second-order valence-electron chi connectivity index (χ2n) is 7.68. The Bertz CT molecular complexity index is 1360. The first-order valence-electron chi connectivity index (χ1n) is 10.5. The second-order valence-corrected chi connectivity index (χ2v) is 8.54. The highest BCUT2D eigenvalue weighted by Gasteiger charge is 2.21. The fourth-order valence-electron chi connectivity index (χ4n) is 3.56. The minimum Gasteiger partial charge on any atom is -0.492 e. The quantitative estimate of drug-likeness (QED) is 0.433. The molecule has 2 aromatic heterocycles. The zero-order valence-corrected chi connectivity index (χ0v) is 19.3. The van der Waals surface area contributed by atoms with Gasteiger partial charge in [0.2, 0.25) is 5.91 Å². The third-order valence-electron chi connectivity index (χ3n) is 5.58. The van der Waals surface area contributed by atoms with Gasteiger partial charge in [-0.15, -0.1) is 11.3 Å². The summed E-state index contributed by atoms with van der Waals surface area (Å²) in [5.41, 5.74) is 4.51.